The molecule has 0 aliphatic heterocycles. The molecule has 100 valence electrons. The number of carbonyl (C=O) groups excluding carboxylic acids is 1. The van der Waals surface area contributed by atoms with Crippen molar-refractivity contribution in [3.8, 4) is 10.4 Å². The summed E-state index contributed by atoms with van der Waals surface area (Å²) in [7, 11) is 3.55. The van der Waals surface area contributed by atoms with Gasteiger partial charge in [0.05, 0.1) is 0 Å². The van der Waals surface area contributed by atoms with Crippen molar-refractivity contribution >= 4 is 17.2 Å². The van der Waals surface area contributed by atoms with E-state index in [0.29, 0.717) is 5.92 Å². The molecule has 0 aliphatic rings. The van der Waals surface area contributed by atoms with Crippen molar-refractivity contribution in [2.24, 2.45) is 0 Å². The first-order chi connectivity index (χ1) is 8.99. The quantitative estimate of drug-likeness (QED) is 0.819. The molecule has 0 saturated carbocycles. The van der Waals surface area contributed by atoms with Crippen molar-refractivity contribution in [1.82, 2.24) is 4.90 Å². The van der Waals surface area contributed by atoms with Crippen LogP contribution in [0.1, 0.15) is 35.0 Å². The van der Waals surface area contributed by atoms with E-state index in [1.54, 1.807) is 30.3 Å². The monoisotopic (exact) mass is 273 g/mol. The third-order valence-corrected chi connectivity index (χ3v) is 4.43. The summed E-state index contributed by atoms with van der Waals surface area (Å²) in [4.78, 5) is 16.2. The first-order valence-corrected chi connectivity index (χ1v) is 7.22. The maximum atomic E-state index is 12.0. The summed E-state index contributed by atoms with van der Waals surface area (Å²) >= 11 is 1.80. The lowest BCUT2D eigenvalue weighted by Gasteiger charge is -2.10. The van der Waals surface area contributed by atoms with E-state index >= 15 is 0 Å². The molecule has 3 heteroatoms. The highest BCUT2D eigenvalue weighted by atomic mass is 32.1. The topological polar surface area (TPSA) is 20.3 Å². The largest absolute Gasteiger partial charge is 0.345 e. The van der Waals surface area contributed by atoms with Crippen LogP contribution in [0.15, 0.2) is 36.4 Å². The lowest BCUT2D eigenvalue weighted by atomic mass is 10.1. The maximum Gasteiger partial charge on any atom is 0.253 e. The molecule has 0 bridgehead atoms. The Kier molecular flexibility index (Phi) is 4.05. The van der Waals surface area contributed by atoms with Gasteiger partial charge in [0, 0.05) is 29.4 Å². The van der Waals surface area contributed by atoms with E-state index in [9.17, 15) is 4.79 Å². The van der Waals surface area contributed by atoms with E-state index < -0.39 is 0 Å². The summed E-state index contributed by atoms with van der Waals surface area (Å²) in [6.45, 7) is 4.39. The molecule has 0 spiro atoms. The Bertz CT molecular complexity index is 584. The number of hydrogen-bond donors (Lipinski definition) is 0. The number of hydrogen-bond acceptors (Lipinski definition) is 2. The van der Waals surface area contributed by atoms with Gasteiger partial charge in [0.1, 0.15) is 0 Å². The highest BCUT2D eigenvalue weighted by Crippen LogP contribution is 2.32. The number of thiophene rings is 1. The predicted octanol–water partition coefficient (Wildman–Crippen LogP) is 4.24. The predicted molar refractivity (Wildman–Crippen MR) is 81.9 cm³/mol. The fourth-order valence-corrected chi connectivity index (χ4v) is 2.89. The second kappa shape index (κ2) is 5.57. The van der Waals surface area contributed by atoms with Gasteiger partial charge < -0.3 is 4.90 Å². The summed E-state index contributed by atoms with van der Waals surface area (Å²) < 4.78 is 0. The van der Waals surface area contributed by atoms with E-state index in [1.807, 2.05) is 18.2 Å². The molecule has 1 heterocycles. The van der Waals surface area contributed by atoms with Gasteiger partial charge in [0.2, 0.25) is 0 Å². The molecule has 1 aromatic heterocycles. The van der Waals surface area contributed by atoms with Crippen molar-refractivity contribution in [2.45, 2.75) is 19.8 Å². The highest BCUT2D eigenvalue weighted by Gasteiger charge is 2.10. The van der Waals surface area contributed by atoms with Gasteiger partial charge in [-0.1, -0.05) is 26.0 Å². The summed E-state index contributed by atoms with van der Waals surface area (Å²) in [5.41, 5.74) is 1.85. The van der Waals surface area contributed by atoms with E-state index in [0.717, 1.165) is 11.1 Å². The number of nitrogens with zero attached hydrogens (tertiary/aromatic N) is 1. The Morgan fingerprint density at radius 3 is 2.47 bits per heavy atom. The molecule has 0 radical (unpaired) electrons. The van der Waals surface area contributed by atoms with Crippen molar-refractivity contribution in [2.75, 3.05) is 14.1 Å². The number of rotatable bonds is 3. The molecular weight excluding hydrogens is 254 g/mol. The zero-order chi connectivity index (χ0) is 14.0. The smallest absolute Gasteiger partial charge is 0.253 e. The Morgan fingerprint density at radius 2 is 1.89 bits per heavy atom. The van der Waals surface area contributed by atoms with Crippen LogP contribution in [0.25, 0.3) is 10.4 Å². The molecule has 1 aromatic carbocycles. The van der Waals surface area contributed by atoms with Crippen LogP contribution in [-0.2, 0) is 0 Å². The van der Waals surface area contributed by atoms with Crippen molar-refractivity contribution in [3.05, 3.63) is 46.8 Å². The molecule has 0 saturated heterocycles. The zero-order valence-corrected chi connectivity index (χ0v) is 12.6. The fourth-order valence-electron chi connectivity index (χ4n) is 1.88. The Labute approximate surface area is 118 Å². The average Bonchev–Trinajstić information content (AvgIpc) is 2.87. The summed E-state index contributed by atoms with van der Waals surface area (Å²) in [6, 6.07) is 12.1. The normalized spacial score (nSPS) is 10.8. The van der Waals surface area contributed by atoms with Gasteiger partial charge in [0.15, 0.2) is 0 Å². The van der Waals surface area contributed by atoms with Crippen LogP contribution in [0.3, 0.4) is 0 Å². The summed E-state index contributed by atoms with van der Waals surface area (Å²) in [5.74, 6) is 0.591. The Balaban J connectivity index is 2.35. The van der Waals surface area contributed by atoms with Gasteiger partial charge in [-0.15, -0.1) is 11.3 Å². The first-order valence-electron chi connectivity index (χ1n) is 6.41. The second-order valence-electron chi connectivity index (χ2n) is 5.14. The SMILES string of the molecule is CC(C)c1ccc(-c2cccc(C(=O)N(C)C)c2)s1. The third-order valence-electron chi connectivity index (χ3n) is 3.00. The average molecular weight is 273 g/mol. The molecule has 19 heavy (non-hydrogen) atoms. The van der Waals surface area contributed by atoms with Crippen LogP contribution in [0.5, 0.6) is 0 Å². The van der Waals surface area contributed by atoms with Crippen molar-refractivity contribution in [1.29, 1.82) is 0 Å². The maximum absolute atomic E-state index is 12.0. The molecule has 2 rings (SSSR count). The fraction of sp³-hybridized carbons (Fsp3) is 0.312. The molecular formula is C16H19NOS. The highest BCUT2D eigenvalue weighted by molar-refractivity contribution is 7.15. The third kappa shape index (κ3) is 3.04. The Morgan fingerprint density at radius 1 is 1.16 bits per heavy atom. The number of benzene rings is 1. The lowest BCUT2D eigenvalue weighted by molar-refractivity contribution is 0.0827. The van der Waals surface area contributed by atoms with E-state index in [2.05, 4.69) is 32.0 Å². The molecule has 0 fully saturated rings. The van der Waals surface area contributed by atoms with Gasteiger partial charge in [0.25, 0.3) is 5.91 Å². The first kappa shape index (κ1) is 13.8. The van der Waals surface area contributed by atoms with Crippen LogP contribution < -0.4 is 0 Å². The van der Waals surface area contributed by atoms with Crippen LogP contribution in [0, 0.1) is 0 Å². The van der Waals surface area contributed by atoms with E-state index in [-0.39, 0.29) is 5.91 Å². The molecule has 0 aliphatic carbocycles. The minimum absolute atomic E-state index is 0.0440. The van der Waals surface area contributed by atoms with Crippen molar-refractivity contribution < 1.29 is 4.79 Å². The second-order valence-corrected chi connectivity index (χ2v) is 6.25. The summed E-state index contributed by atoms with van der Waals surface area (Å²) in [6.07, 6.45) is 0. The molecule has 2 nitrogen and oxygen atoms in total. The minimum Gasteiger partial charge on any atom is -0.345 e. The van der Waals surface area contributed by atoms with Gasteiger partial charge in [-0.3, -0.25) is 4.79 Å². The van der Waals surface area contributed by atoms with Gasteiger partial charge in [-0.2, -0.15) is 0 Å². The molecule has 0 N–H and O–H groups in total. The van der Waals surface area contributed by atoms with Crippen LogP contribution >= 0.6 is 11.3 Å². The lowest BCUT2D eigenvalue weighted by Crippen LogP contribution is -2.21. The van der Waals surface area contributed by atoms with Crippen LogP contribution in [0.2, 0.25) is 0 Å². The molecule has 2 aromatic rings. The molecule has 0 atom stereocenters. The van der Waals surface area contributed by atoms with Crippen molar-refractivity contribution in [3.63, 3.8) is 0 Å². The van der Waals surface area contributed by atoms with Gasteiger partial charge in [-0.05, 0) is 35.7 Å². The zero-order valence-electron chi connectivity index (χ0n) is 11.8. The van der Waals surface area contributed by atoms with Gasteiger partial charge >= 0.3 is 0 Å². The minimum atomic E-state index is 0.0440. The van der Waals surface area contributed by atoms with E-state index in [1.165, 1.54) is 9.75 Å². The molecule has 0 unspecified atom stereocenters. The van der Waals surface area contributed by atoms with Gasteiger partial charge in [-0.25, -0.2) is 0 Å². The molecule has 1 amide bonds. The van der Waals surface area contributed by atoms with E-state index in [4.69, 9.17) is 0 Å². The van der Waals surface area contributed by atoms with Crippen LogP contribution in [-0.4, -0.2) is 24.9 Å². The summed E-state index contributed by atoms with van der Waals surface area (Å²) in [5, 5.41) is 0. The number of amides is 1. The van der Waals surface area contributed by atoms with Crippen LogP contribution in [0.4, 0.5) is 0 Å². The Hall–Kier alpha value is -1.61. The standard InChI is InChI=1S/C16H19NOS/c1-11(2)14-8-9-15(19-14)12-6-5-7-13(10-12)16(18)17(3)4/h5-11H,1-4H3. The number of carbonyl (C=O) groups is 1.